The number of imide groups is 1. The number of aromatic carboxylic acids is 1. The van der Waals surface area contributed by atoms with Crippen LogP contribution in [0.5, 0.6) is 0 Å². The van der Waals surface area contributed by atoms with Gasteiger partial charge in [0.15, 0.2) is 0 Å². The predicted molar refractivity (Wildman–Crippen MR) is 89.0 cm³/mol. The van der Waals surface area contributed by atoms with Crippen LogP contribution in [0.3, 0.4) is 0 Å². The number of benzene rings is 2. The van der Waals surface area contributed by atoms with Crippen molar-refractivity contribution in [3.05, 3.63) is 59.1 Å². The van der Waals surface area contributed by atoms with Gasteiger partial charge in [0.25, 0.3) is 0 Å². The summed E-state index contributed by atoms with van der Waals surface area (Å²) in [6.07, 6.45) is -0.00258. The summed E-state index contributed by atoms with van der Waals surface area (Å²) in [5.41, 5.74) is 0.415. The number of hydrogen-bond donors (Lipinski definition) is 0. The molecule has 0 saturated carbocycles. The zero-order chi connectivity index (χ0) is 17.3. The van der Waals surface area contributed by atoms with E-state index in [1.54, 1.807) is 42.5 Å². The van der Waals surface area contributed by atoms with E-state index >= 15 is 0 Å². The Hall–Kier alpha value is -2.31. The highest BCUT2D eigenvalue weighted by atomic mass is 35.5. The SMILES string of the molecule is O=C([O-])c1ccccc1S[C@@H]1CC(=O)N(c2cccc(Cl)c2)C1=O. The Morgan fingerprint density at radius 2 is 1.92 bits per heavy atom. The number of rotatable bonds is 4. The lowest BCUT2D eigenvalue weighted by molar-refractivity contribution is -0.255. The number of anilines is 1. The molecule has 5 nitrogen and oxygen atoms in total. The second kappa shape index (κ2) is 6.67. The van der Waals surface area contributed by atoms with Gasteiger partial charge in [-0.1, -0.05) is 35.9 Å². The van der Waals surface area contributed by atoms with Crippen LogP contribution in [-0.2, 0) is 9.59 Å². The van der Waals surface area contributed by atoms with Crippen LogP contribution in [0.2, 0.25) is 5.02 Å². The lowest BCUT2D eigenvalue weighted by Gasteiger charge is -2.16. The number of carboxylic acid groups (broad SMARTS) is 1. The van der Waals surface area contributed by atoms with Gasteiger partial charge in [0, 0.05) is 21.9 Å². The predicted octanol–water partition coefficient (Wildman–Crippen LogP) is 2.13. The minimum Gasteiger partial charge on any atom is -0.545 e. The molecule has 2 amide bonds. The van der Waals surface area contributed by atoms with E-state index in [1.807, 2.05) is 0 Å². The van der Waals surface area contributed by atoms with E-state index in [-0.39, 0.29) is 23.8 Å². The first-order valence-corrected chi connectivity index (χ1v) is 8.32. The number of carboxylic acids is 1. The Balaban J connectivity index is 1.86. The summed E-state index contributed by atoms with van der Waals surface area (Å²) in [5.74, 6) is -2.05. The van der Waals surface area contributed by atoms with Crippen molar-refractivity contribution >= 4 is 46.8 Å². The number of amides is 2. The van der Waals surface area contributed by atoms with Gasteiger partial charge in [0.1, 0.15) is 0 Å². The average Bonchev–Trinajstić information content (AvgIpc) is 2.81. The topological polar surface area (TPSA) is 77.5 Å². The lowest BCUT2D eigenvalue weighted by Crippen LogP contribution is -2.31. The molecule has 0 unspecified atom stereocenters. The molecule has 122 valence electrons. The molecular weight excluding hydrogens is 350 g/mol. The van der Waals surface area contributed by atoms with Crippen LogP contribution >= 0.6 is 23.4 Å². The molecule has 7 heteroatoms. The molecule has 0 aromatic heterocycles. The van der Waals surface area contributed by atoms with Crippen molar-refractivity contribution in [2.24, 2.45) is 0 Å². The van der Waals surface area contributed by atoms with Crippen LogP contribution in [0, 0.1) is 0 Å². The van der Waals surface area contributed by atoms with E-state index in [0.29, 0.717) is 15.6 Å². The molecule has 2 aromatic rings. The number of thioether (sulfide) groups is 1. The van der Waals surface area contributed by atoms with Crippen LogP contribution in [0.25, 0.3) is 0 Å². The normalized spacial score (nSPS) is 17.4. The second-order valence-corrected chi connectivity index (χ2v) is 6.82. The highest BCUT2D eigenvalue weighted by Gasteiger charge is 2.40. The Morgan fingerprint density at radius 3 is 2.62 bits per heavy atom. The minimum atomic E-state index is -1.32. The fourth-order valence-electron chi connectivity index (χ4n) is 2.47. The van der Waals surface area contributed by atoms with Gasteiger partial charge in [0.2, 0.25) is 11.8 Å². The molecule has 1 saturated heterocycles. The van der Waals surface area contributed by atoms with E-state index in [9.17, 15) is 19.5 Å². The van der Waals surface area contributed by atoms with Gasteiger partial charge >= 0.3 is 0 Å². The molecule has 1 aliphatic rings. The van der Waals surface area contributed by atoms with Crippen molar-refractivity contribution in [1.82, 2.24) is 0 Å². The molecule has 0 radical (unpaired) electrons. The summed E-state index contributed by atoms with van der Waals surface area (Å²) in [6, 6.07) is 12.7. The van der Waals surface area contributed by atoms with Gasteiger partial charge < -0.3 is 9.90 Å². The maximum Gasteiger partial charge on any atom is 0.247 e. The molecule has 0 bridgehead atoms. The molecule has 2 aromatic carbocycles. The zero-order valence-electron chi connectivity index (χ0n) is 12.3. The van der Waals surface area contributed by atoms with Crippen molar-refractivity contribution in [2.45, 2.75) is 16.6 Å². The van der Waals surface area contributed by atoms with Gasteiger partial charge in [0.05, 0.1) is 16.9 Å². The number of hydrogen-bond acceptors (Lipinski definition) is 5. The summed E-state index contributed by atoms with van der Waals surface area (Å²) in [4.78, 5) is 37.5. The Labute approximate surface area is 147 Å². The summed E-state index contributed by atoms with van der Waals surface area (Å²) >= 11 is 6.97. The molecular formula is C17H11ClNO4S-. The average molecular weight is 361 g/mol. The van der Waals surface area contributed by atoms with Crippen molar-refractivity contribution in [2.75, 3.05) is 4.90 Å². The van der Waals surface area contributed by atoms with Crippen molar-refractivity contribution in [3.63, 3.8) is 0 Å². The van der Waals surface area contributed by atoms with E-state index in [0.717, 1.165) is 16.7 Å². The molecule has 0 N–H and O–H groups in total. The molecule has 0 spiro atoms. The molecule has 3 rings (SSSR count). The Kier molecular flexibility index (Phi) is 4.59. The smallest absolute Gasteiger partial charge is 0.247 e. The van der Waals surface area contributed by atoms with E-state index in [2.05, 4.69) is 0 Å². The fourth-order valence-corrected chi connectivity index (χ4v) is 3.83. The van der Waals surface area contributed by atoms with Crippen molar-refractivity contribution in [3.8, 4) is 0 Å². The highest BCUT2D eigenvalue weighted by Crippen LogP contribution is 2.35. The minimum absolute atomic E-state index is 0.00258. The molecule has 1 aliphatic heterocycles. The summed E-state index contributed by atoms with van der Waals surface area (Å²) in [5, 5.41) is 10.9. The van der Waals surface area contributed by atoms with Crippen LogP contribution in [0.15, 0.2) is 53.4 Å². The molecule has 1 atom stereocenters. The standard InChI is InChI=1S/C17H12ClNO4S/c18-10-4-3-5-11(8-10)19-15(20)9-14(16(19)21)24-13-7-2-1-6-12(13)17(22)23/h1-8,14H,9H2,(H,22,23)/p-1/t14-/m1/s1. The lowest BCUT2D eigenvalue weighted by atomic mass is 10.2. The van der Waals surface area contributed by atoms with Crippen LogP contribution in [0.1, 0.15) is 16.8 Å². The Morgan fingerprint density at radius 1 is 1.17 bits per heavy atom. The number of nitrogens with zero attached hydrogens (tertiary/aromatic N) is 1. The van der Waals surface area contributed by atoms with Gasteiger partial charge in [-0.15, -0.1) is 11.8 Å². The third-order valence-corrected chi connectivity index (χ3v) is 5.05. The van der Waals surface area contributed by atoms with Gasteiger partial charge in [-0.25, -0.2) is 4.90 Å². The van der Waals surface area contributed by atoms with E-state index < -0.39 is 11.2 Å². The second-order valence-electron chi connectivity index (χ2n) is 5.14. The maximum absolute atomic E-state index is 12.6. The van der Waals surface area contributed by atoms with E-state index in [1.165, 1.54) is 6.07 Å². The first-order chi connectivity index (χ1) is 11.5. The molecule has 1 heterocycles. The zero-order valence-corrected chi connectivity index (χ0v) is 13.8. The first-order valence-electron chi connectivity index (χ1n) is 7.07. The van der Waals surface area contributed by atoms with Crippen LogP contribution < -0.4 is 10.0 Å². The first kappa shape index (κ1) is 16.5. The quantitative estimate of drug-likeness (QED) is 0.780. The third-order valence-electron chi connectivity index (χ3n) is 3.55. The van der Waals surface area contributed by atoms with Gasteiger partial charge in [-0.2, -0.15) is 0 Å². The van der Waals surface area contributed by atoms with Crippen molar-refractivity contribution < 1.29 is 19.5 Å². The van der Waals surface area contributed by atoms with Crippen LogP contribution in [-0.4, -0.2) is 23.0 Å². The molecule has 0 aliphatic carbocycles. The summed E-state index contributed by atoms with van der Waals surface area (Å²) < 4.78 is 0. The fraction of sp³-hybridized carbons (Fsp3) is 0.118. The number of halogens is 1. The third kappa shape index (κ3) is 3.16. The monoisotopic (exact) mass is 360 g/mol. The highest BCUT2D eigenvalue weighted by molar-refractivity contribution is 8.00. The van der Waals surface area contributed by atoms with Gasteiger partial charge in [-0.3, -0.25) is 9.59 Å². The van der Waals surface area contributed by atoms with Crippen molar-refractivity contribution in [1.29, 1.82) is 0 Å². The molecule has 1 fully saturated rings. The maximum atomic E-state index is 12.6. The summed E-state index contributed by atoms with van der Waals surface area (Å²) in [6.45, 7) is 0. The Bertz CT molecular complexity index is 839. The van der Waals surface area contributed by atoms with Crippen LogP contribution in [0.4, 0.5) is 5.69 Å². The van der Waals surface area contributed by atoms with Gasteiger partial charge in [-0.05, 0) is 24.3 Å². The number of carbonyl (C=O) groups is 3. The van der Waals surface area contributed by atoms with E-state index in [4.69, 9.17) is 11.6 Å². The number of carbonyl (C=O) groups excluding carboxylic acids is 3. The summed E-state index contributed by atoms with van der Waals surface area (Å²) in [7, 11) is 0. The largest absolute Gasteiger partial charge is 0.545 e. The molecule has 24 heavy (non-hydrogen) atoms.